The number of ketones is 1. The Morgan fingerprint density at radius 1 is 1.11 bits per heavy atom. The molecule has 0 bridgehead atoms. The van der Waals surface area contributed by atoms with Gasteiger partial charge in [0.1, 0.15) is 5.82 Å². The fourth-order valence-electron chi connectivity index (χ4n) is 1.59. The maximum absolute atomic E-state index is 13.2. The molecule has 2 rings (SSSR count). The normalized spacial score (nSPS) is 10.4. The van der Waals surface area contributed by atoms with Crippen molar-refractivity contribution in [3.05, 3.63) is 64.4 Å². The molecule has 92 valence electrons. The third-order valence-electron chi connectivity index (χ3n) is 2.48. The third kappa shape index (κ3) is 2.92. The van der Waals surface area contributed by atoms with Gasteiger partial charge in [-0.25, -0.2) is 4.39 Å². The van der Waals surface area contributed by atoms with E-state index in [1.807, 2.05) is 18.4 Å². The van der Waals surface area contributed by atoms with Crippen LogP contribution in [0.1, 0.15) is 15.9 Å². The molecule has 0 aliphatic heterocycles. The molecule has 2 aromatic carbocycles. The van der Waals surface area contributed by atoms with E-state index in [1.165, 1.54) is 18.2 Å². The Morgan fingerprint density at radius 2 is 1.78 bits per heavy atom. The van der Waals surface area contributed by atoms with Crippen molar-refractivity contribution in [3.63, 3.8) is 0 Å². The summed E-state index contributed by atoms with van der Waals surface area (Å²) in [6.07, 6.45) is 1.96. The largest absolute Gasteiger partial charge is 0.289 e. The molecule has 0 spiro atoms. The smallest absolute Gasteiger partial charge is 0.193 e. The van der Waals surface area contributed by atoms with E-state index in [1.54, 1.807) is 23.9 Å². The van der Waals surface area contributed by atoms with E-state index < -0.39 is 5.82 Å². The molecule has 0 amide bonds. The first-order chi connectivity index (χ1) is 8.60. The summed E-state index contributed by atoms with van der Waals surface area (Å²) in [7, 11) is 0. The van der Waals surface area contributed by atoms with Gasteiger partial charge in [-0.3, -0.25) is 4.79 Å². The zero-order chi connectivity index (χ0) is 13.1. The number of carbonyl (C=O) groups is 1. The number of carbonyl (C=O) groups excluding carboxylic acids is 1. The maximum Gasteiger partial charge on any atom is 0.193 e. The Bertz CT molecular complexity index is 561. The minimum atomic E-state index is -0.508. The first-order valence-corrected chi connectivity index (χ1v) is 6.85. The average molecular weight is 281 g/mol. The molecule has 1 nitrogen and oxygen atoms in total. The second kappa shape index (κ2) is 5.55. The predicted octanol–water partition coefficient (Wildman–Crippen LogP) is 4.43. The maximum atomic E-state index is 13.2. The van der Waals surface area contributed by atoms with Gasteiger partial charge in [0.05, 0.1) is 0 Å². The van der Waals surface area contributed by atoms with Gasteiger partial charge in [-0.05, 0) is 48.7 Å². The van der Waals surface area contributed by atoms with Gasteiger partial charge in [0, 0.05) is 21.0 Å². The van der Waals surface area contributed by atoms with Crippen molar-refractivity contribution < 1.29 is 9.18 Å². The summed E-state index contributed by atoms with van der Waals surface area (Å²) >= 11 is 7.33. The molecule has 0 aromatic heterocycles. The van der Waals surface area contributed by atoms with Crippen LogP contribution in [0.25, 0.3) is 0 Å². The van der Waals surface area contributed by atoms with Gasteiger partial charge < -0.3 is 0 Å². The summed E-state index contributed by atoms with van der Waals surface area (Å²) < 4.78 is 13.2. The van der Waals surface area contributed by atoms with Crippen molar-refractivity contribution >= 4 is 29.1 Å². The Morgan fingerprint density at radius 3 is 2.33 bits per heavy atom. The quantitative estimate of drug-likeness (QED) is 0.611. The standard InChI is InChI=1S/C14H10ClFOS/c1-18-13-4-2-9(3-5-13)14(17)10-6-11(15)8-12(16)7-10/h2-8H,1H3. The van der Waals surface area contributed by atoms with Crippen LogP contribution < -0.4 is 0 Å². The van der Waals surface area contributed by atoms with Crippen LogP contribution in [0.15, 0.2) is 47.4 Å². The Labute approximate surface area is 114 Å². The van der Waals surface area contributed by atoms with E-state index in [9.17, 15) is 9.18 Å². The lowest BCUT2D eigenvalue weighted by atomic mass is 10.0. The van der Waals surface area contributed by atoms with Gasteiger partial charge in [0.15, 0.2) is 5.78 Å². The van der Waals surface area contributed by atoms with E-state index in [-0.39, 0.29) is 16.4 Å². The molecule has 4 heteroatoms. The monoisotopic (exact) mass is 280 g/mol. The van der Waals surface area contributed by atoms with E-state index in [4.69, 9.17) is 11.6 Å². The van der Waals surface area contributed by atoms with E-state index in [0.717, 1.165) is 4.90 Å². The molecule has 2 aromatic rings. The summed E-state index contributed by atoms with van der Waals surface area (Å²) in [5.41, 5.74) is 0.784. The molecule has 0 atom stereocenters. The second-order valence-electron chi connectivity index (χ2n) is 3.72. The lowest BCUT2D eigenvalue weighted by Crippen LogP contribution is -2.01. The van der Waals surface area contributed by atoms with Crippen LogP contribution in [0, 0.1) is 5.82 Å². The van der Waals surface area contributed by atoms with E-state index in [2.05, 4.69) is 0 Å². The highest BCUT2D eigenvalue weighted by atomic mass is 35.5. The molecular formula is C14H10ClFOS. The van der Waals surface area contributed by atoms with Crippen molar-refractivity contribution in [2.45, 2.75) is 4.90 Å². The molecule has 0 N–H and O–H groups in total. The van der Waals surface area contributed by atoms with Crippen molar-refractivity contribution in [2.75, 3.05) is 6.26 Å². The SMILES string of the molecule is CSc1ccc(C(=O)c2cc(F)cc(Cl)c2)cc1. The minimum absolute atomic E-state index is 0.221. The van der Waals surface area contributed by atoms with Gasteiger partial charge >= 0.3 is 0 Å². The van der Waals surface area contributed by atoms with Gasteiger partial charge in [-0.1, -0.05) is 11.6 Å². The summed E-state index contributed by atoms with van der Waals surface area (Å²) in [6.45, 7) is 0. The number of rotatable bonds is 3. The van der Waals surface area contributed by atoms with Crippen LogP contribution in [0.2, 0.25) is 5.02 Å². The van der Waals surface area contributed by atoms with Gasteiger partial charge in [-0.2, -0.15) is 0 Å². The van der Waals surface area contributed by atoms with Crippen molar-refractivity contribution in [1.82, 2.24) is 0 Å². The molecule has 0 radical (unpaired) electrons. The van der Waals surface area contributed by atoms with Crippen LogP contribution in [-0.2, 0) is 0 Å². The predicted molar refractivity (Wildman–Crippen MR) is 73.1 cm³/mol. The number of thioether (sulfide) groups is 1. The van der Waals surface area contributed by atoms with Gasteiger partial charge in [-0.15, -0.1) is 11.8 Å². The highest BCUT2D eigenvalue weighted by Crippen LogP contribution is 2.19. The van der Waals surface area contributed by atoms with E-state index in [0.29, 0.717) is 5.56 Å². The molecule has 18 heavy (non-hydrogen) atoms. The van der Waals surface area contributed by atoms with Crippen LogP contribution in [-0.4, -0.2) is 12.0 Å². The molecular weight excluding hydrogens is 271 g/mol. The Hall–Kier alpha value is -1.32. The molecule has 0 aliphatic carbocycles. The summed E-state index contributed by atoms with van der Waals surface area (Å²) in [5.74, 6) is -0.740. The fraction of sp³-hybridized carbons (Fsp3) is 0.0714. The van der Waals surface area contributed by atoms with Crippen LogP contribution >= 0.6 is 23.4 Å². The number of hydrogen-bond donors (Lipinski definition) is 0. The first kappa shape index (κ1) is 13.1. The average Bonchev–Trinajstić information content (AvgIpc) is 2.37. The number of hydrogen-bond acceptors (Lipinski definition) is 2. The first-order valence-electron chi connectivity index (χ1n) is 5.25. The Kier molecular flexibility index (Phi) is 4.04. The Balaban J connectivity index is 2.34. The third-order valence-corrected chi connectivity index (χ3v) is 3.44. The van der Waals surface area contributed by atoms with Crippen molar-refractivity contribution in [1.29, 1.82) is 0 Å². The van der Waals surface area contributed by atoms with Crippen molar-refractivity contribution in [2.24, 2.45) is 0 Å². The van der Waals surface area contributed by atoms with Gasteiger partial charge in [0.25, 0.3) is 0 Å². The minimum Gasteiger partial charge on any atom is -0.289 e. The fourth-order valence-corrected chi connectivity index (χ4v) is 2.22. The van der Waals surface area contributed by atoms with Crippen LogP contribution in [0.3, 0.4) is 0 Å². The molecule has 0 saturated carbocycles. The van der Waals surface area contributed by atoms with E-state index >= 15 is 0 Å². The summed E-state index contributed by atoms with van der Waals surface area (Å²) in [4.78, 5) is 13.2. The molecule has 0 unspecified atom stereocenters. The number of halogens is 2. The highest BCUT2D eigenvalue weighted by molar-refractivity contribution is 7.98. The zero-order valence-corrected chi connectivity index (χ0v) is 11.2. The lowest BCUT2D eigenvalue weighted by molar-refractivity contribution is 0.103. The molecule has 0 saturated heterocycles. The topological polar surface area (TPSA) is 17.1 Å². The highest BCUT2D eigenvalue weighted by Gasteiger charge is 2.11. The second-order valence-corrected chi connectivity index (χ2v) is 5.03. The molecule has 0 heterocycles. The number of benzene rings is 2. The summed E-state index contributed by atoms with van der Waals surface area (Å²) in [6, 6.07) is 11.0. The van der Waals surface area contributed by atoms with Gasteiger partial charge in [0.2, 0.25) is 0 Å². The van der Waals surface area contributed by atoms with Crippen LogP contribution in [0.4, 0.5) is 4.39 Å². The van der Waals surface area contributed by atoms with Crippen LogP contribution in [0.5, 0.6) is 0 Å². The van der Waals surface area contributed by atoms with Crippen molar-refractivity contribution in [3.8, 4) is 0 Å². The lowest BCUT2D eigenvalue weighted by Gasteiger charge is -2.03. The molecule has 0 fully saturated rings. The molecule has 0 aliphatic rings. The zero-order valence-electron chi connectivity index (χ0n) is 9.61. The summed E-state index contributed by atoms with van der Waals surface area (Å²) in [5, 5.41) is 0.221.